The van der Waals surface area contributed by atoms with Crippen molar-refractivity contribution >= 4 is 25.8 Å². The van der Waals surface area contributed by atoms with Crippen molar-refractivity contribution in [3.05, 3.63) is 52.5 Å². The molecule has 0 spiro atoms. The smallest absolute Gasteiger partial charge is 0.178 e. The van der Waals surface area contributed by atoms with Gasteiger partial charge in [-0.3, -0.25) is 0 Å². The van der Waals surface area contributed by atoms with Crippen LogP contribution < -0.4 is 4.74 Å². The minimum atomic E-state index is -3.33. The van der Waals surface area contributed by atoms with Crippen molar-refractivity contribution < 1.29 is 21.9 Å². The average molecular weight is 377 g/mol. The van der Waals surface area contributed by atoms with Gasteiger partial charge in [0.05, 0.1) is 15.1 Å². The summed E-state index contributed by atoms with van der Waals surface area (Å²) in [6.07, 6.45) is 0. The molecule has 2 rings (SSSR count). The largest absolute Gasteiger partial charge is 0.453 e. The number of hydrogen-bond donors (Lipinski definition) is 0. The van der Waals surface area contributed by atoms with E-state index in [9.17, 15) is 17.2 Å². The summed E-state index contributed by atoms with van der Waals surface area (Å²) in [6.45, 7) is 1.54. The highest BCUT2D eigenvalue weighted by Gasteiger charge is 2.15. The maximum absolute atomic E-state index is 13.5. The van der Waals surface area contributed by atoms with Gasteiger partial charge >= 0.3 is 0 Å². The molecule has 0 atom stereocenters. The Morgan fingerprint density at radius 1 is 1.10 bits per heavy atom. The van der Waals surface area contributed by atoms with E-state index in [-0.39, 0.29) is 22.1 Å². The Labute approximate surface area is 129 Å². The number of benzene rings is 2. The second-order valence-corrected chi connectivity index (χ2v) is 7.31. The minimum absolute atomic E-state index is 0.0216. The quantitative estimate of drug-likeness (QED) is 0.798. The van der Waals surface area contributed by atoms with Crippen molar-refractivity contribution in [2.75, 3.05) is 5.75 Å². The van der Waals surface area contributed by atoms with E-state index in [2.05, 4.69) is 15.9 Å². The normalized spacial score (nSPS) is 11.4. The first-order valence-corrected chi connectivity index (χ1v) is 8.43. The van der Waals surface area contributed by atoms with Crippen LogP contribution in [0.25, 0.3) is 0 Å². The van der Waals surface area contributed by atoms with Crippen LogP contribution in [0, 0.1) is 11.6 Å². The van der Waals surface area contributed by atoms with E-state index in [1.54, 1.807) is 6.92 Å². The Kier molecular flexibility index (Phi) is 4.63. The van der Waals surface area contributed by atoms with Crippen molar-refractivity contribution in [2.45, 2.75) is 11.8 Å². The average Bonchev–Trinajstić information content (AvgIpc) is 2.43. The van der Waals surface area contributed by atoms with Crippen LogP contribution in [-0.2, 0) is 9.84 Å². The van der Waals surface area contributed by atoms with Crippen LogP contribution in [0.4, 0.5) is 8.78 Å². The standard InChI is InChI=1S/C14H11BrF2O3S/c1-2-21(18,19)10-4-6-13(11(15)8-10)20-14-5-3-9(16)7-12(14)17/h3-8H,2H2,1H3. The first-order chi connectivity index (χ1) is 9.83. The number of ether oxygens (including phenoxy) is 1. The molecule has 0 aliphatic rings. The third kappa shape index (κ3) is 3.59. The highest BCUT2D eigenvalue weighted by molar-refractivity contribution is 9.10. The molecule has 0 bridgehead atoms. The molecule has 112 valence electrons. The Bertz CT molecular complexity index is 776. The van der Waals surface area contributed by atoms with Gasteiger partial charge in [0.15, 0.2) is 21.4 Å². The molecule has 0 unspecified atom stereocenters. The molecule has 2 aromatic rings. The maximum Gasteiger partial charge on any atom is 0.178 e. The van der Waals surface area contributed by atoms with Crippen molar-refractivity contribution in [1.82, 2.24) is 0 Å². The van der Waals surface area contributed by atoms with Crippen LogP contribution >= 0.6 is 15.9 Å². The molecular weight excluding hydrogens is 366 g/mol. The molecule has 21 heavy (non-hydrogen) atoms. The Balaban J connectivity index is 2.34. The molecule has 0 aromatic heterocycles. The molecule has 0 aliphatic heterocycles. The van der Waals surface area contributed by atoms with Gasteiger partial charge in [-0.15, -0.1) is 0 Å². The molecule has 0 aliphatic carbocycles. The van der Waals surface area contributed by atoms with Crippen LogP contribution in [-0.4, -0.2) is 14.2 Å². The Hall–Kier alpha value is -1.47. The lowest BCUT2D eigenvalue weighted by molar-refractivity contribution is 0.435. The van der Waals surface area contributed by atoms with Crippen molar-refractivity contribution in [3.8, 4) is 11.5 Å². The lowest BCUT2D eigenvalue weighted by Crippen LogP contribution is -2.03. The lowest BCUT2D eigenvalue weighted by atomic mass is 10.3. The predicted molar refractivity (Wildman–Crippen MR) is 78.3 cm³/mol. The number of halogens is 3. The van der Waals surface area contributed by atoms with E-state index < -0.39 is 21.5 Å². The minimum Gasteiger partial charge on any atom is -0.453 e. The molecule has 0 saturated heterocycles. The zero-order chi connectivity index (χ0) is 15.6. The third-order valence-corrected chi connectivity index (χ3v) is 5.11. The molecular formula is C14H11BrF2O3S. The van der Waals surface area contributed by atoms with Gasteiger partial charge in [-0.25, -0.2) is 17.2 Å². The van der Waals surface area contributed by atoms with Gasteiger partial charge in [-0.1, -0.05) is 6.92 Å². The third-order valence-electron chi connectivity index (χ3n) is 2.76. The van der Waals surface area contributed by atoms with Crippen molar-refractivity contribution in [2.24, 2.45) is 0 Å². The second kappa shape index (κ2) is 6.11. The summed E-state index contributed by atoms with van der Waals surface area (Å²) in [6, 6.07) is 7.11. The van der Waals surface area contributed by atoms with Gasteiger partial charge in [-0.2, -0.15) is 0 Å². The van der Waals surface area contributed by atoms with Gasteiger partial charge in [0, 0.05) is 6.07 Å². The maximum atomic E-state index is 13.5. The molecule has 3 nitrogen and oxygen atoms in total. The summed E-state index contributed by atoms with van der Waals surface area (Å²) in [5.41, 5.74) is 0. The Morgan fingerprint density at radius 2 is 1.76 bits per heavy atom. The van der Waals surface area contributed by atoms with E-state index in [4.69, 9.17) is 4.74 Å². The number of rotatable bonds is 4. The van der Waals surface area contributed by atoms with Gasteiger partial charge in [-0.05, 0) is 46.3 Å². The zero-order valence-electron chi connectivity index (χ0n) is 10.9. The summed E-state index contributed by atoms with van der Waals surface area (Å²) >= 11 is 3.18. The van der Waals surface area contributed by atoms with E-state index >= 15 is 0 Å². The van der Waals surface area contributed by atoms with Gasteiger partial charge in [0.25, 0.3) is 0 Å². The molecule has 0 fully saturated rings. The molecule has 0 amide bonds. The summed E-state index contributed by atoms with van der Waals surface area (Å²) in [7, 11) is -3.33. The molecule has 0 heterocycles. The first-order valence-electron chi connectivity index (χ1n) is 5.98. The summed E-state index contributed by atoms with van der Waals surface area (Å²) < 4.78 is 55.5. The Morgan fingerprint density at radius 3 is 2.33 bits per heavy atom. The topological polar surface area (TPSA) is 43.4 Å². The fourth-order valence-electron chi connectivity index (χ4n) is 1.60. The van der Waals surface area contributed by atoms with E-state index in [0.29, 0.717) is 10.5 Å². The van der Waals surface area contributed by atoms with Crippen LogP contribution in [0.2, 0.25) is 0 Å². The highest BCUT2D eigenvalue weighted by atomic mass is 79.9. The van der Waals surface area contributed by atoms with E-state index in [1.807, 2.05) is 0 Å². The molecule has 0 radical (unpaired) electrons. The molecule has 0 N–H and O–H groups in total. The summed E-state index contributed by atoms with van der Waals surface area (Å²) in [4.78, 5) is 0.142. The molecule has 2 aromatic carbocycles. The lowest BCUT2D eigenvalue weighted by Gasteiger charge is -2.10. The predicted octanol–water partition coefficient (Wildman–Crippen LogP) is 4.31. The zero-order valence-corrected chi connectivity index (χ0v) is 13.3. The van der Waals surface area contributed by atoms with E-state index in [1.165, 1.54) is 18.2 Å². The fourth-order valence-corrected chi connectivity index (χ4v) is 3.12. The monoisotopic (exact) mass is 376 g/mol. The molecule has 7 heteroatoms. The van der Waals surface area contributed by atoms with Gasteiger partial charge < -0.3 is 4.74 Å². The molecule has 0 saturated carbocycles. The van der Waals surface area contributed by atoms with Crippen molar-refractivity contribution in [3.63, 3.8) is 0 Å². The first kappa shape index (κ1) is 15.9. The van der Waals surface area contributed by atoms with Crippen LogP contribution in [0.3, 0.4) is 0 Å². The number of hydrogen-bond acceptors (Lipinski definition) is 3. The van der Waals surface area contributed by atoms with Crippen molar-refractivity contribution in [1.29, 1.82) is 0 Å². The summed E-state index contributed by atoms with van der Waals surface area (Å²) in [5, 5.41) is 0. The van der Waals surface area contributed by atoms with E-state index in [0.717, 1.165) is 12.1 Å². The van der Waals surface area contributed by atoms with Gasteiger partial charge in [0.1, 0.15) is 11.6 Å². The number of sulfone groups is 1. The highest BCUT2D eigenvalue weighted by Crippen LogP contribution is 2.33. The fraction of sp³-hybridized carbons (Fsp3) is 0.143. The van der Waals surface area contributed by atoms with Crippen LogP contribution in [0.15, 0.2) is 45.8 Å². The SMILES string of the molecule is CCS(=O)(=O)c1ccc(Oc2ccc(F)cc2F)c(Br)c1. The van der Waals surface area contributed by atoms with Gasteiger partial charge in [0.2, 0.25) is 0 Å². The van der Waals surface area contributed by atoms with Crippen LogP contribution in [0.5, 0.6) is 11.5 Å². The summed E-state index contributed by atoms with van der Waals surface area (Å²) in [5.74, 6) is -1.49. The van der Waals surface area contributed by atoms with Crippen LogP contribution in [0.1, 0.15) is 6.92 Å². The second-order valence-electron chi connectivity index (χ2n) is 4.17.